The molecule has 0 unspecified atom stereocenters. The molecule has 37 heavy (non-hydrogen) atoms. The van der Waals surface area contributed by atoms with Crippen LogP contribution < -0.4 is 5.32 Å². The minimum Gasteiger partial charge on any atom is -0.481 e. The van der Waals surface area contributed by atoms with Crippen LogP contribution in [-0.2, 0) is 11.3 Å². The third-order valence-corrected chi connectivity index (χ3v) is 7.64. The molecular weight excluding hydrogens is 466 g/mol. The summed E-state index contributed by atoms with van der Waals surface area (Å²) in [5.41, 5.74) is 3.33. The third-order valence-electron chi connectivity index (χ3n) is 7.64. The van der Waals surface area contributed by atoms with Crippen LogP contribution >= 0.6 is 0 Å². The molecule has 1 fully saturated rings. The van der Waals surface area contributed by atoms with Gasteiger partial charge in [-0.3, -0.25) is 14.4 Å². The number of amides is 2. The first-order valence-corrected chi connectivity index (χ1v) is 13.1. The quantitative estimate of drug-likeness (QED) is 0.371. The fourth-order valence-corrected chi connectivity index (χ4v) is 5.39. The molecule has 0 bridgehead atoms. The molecule has 3 aromatic rings. The summed E-state index contributed by atoms with van der Waals surface area (Å²) >= 11 is 0. The van der Waals surface area contributed by atoms with Gasteiger partial charge >= 0.3 is 5.97 Å². The Morgan fingerprint density at radius 2 is 1.70 bits per heavy atom. The van der Waals surface area contributed by atoms with Crippen LogP contribution in [0.15, 0.2) is 54.7 Å². The molecule has 0 saturated heterocycles. The molecular formula is C30H37N3O4. The lowest BCUT2D eigenvalue weighted by atomic mass is 9.71. The maximum atomic E-state index is 14.0. The van der Waals surface area contributed by atoms with Crippen LogP contribution in [0.25, 0.3) is 10.9 Å². The highest BCUT2D eigenvalue weighted by Gasteiger charge is 2.34. The van der Waals surface area contributed by atoms with Crippen molar-refractivity contribution in [3.8, 4) is 0 Å². The number of nitrogens with one attached hydrogen (secondary N) is 2. The lowest BCUT2D eigenvalue weighted by Gasteiger charge is -2.41. The van der Waals surface area contributed by atoms with E-state index in [0.717, 1.165) is 42.1 Å². The van der Waals surface area contributed by atoms with Crippen LogP contribution in [0.5, 0.6) is 0 Å². The lowest BCUT2D eigenvalue weighted by molar-refractivity contribution is -0.136. The smallest absolute Gasteiger partial charge is 0.305 e. The maximum absolute atomic E-state index is 14.0. The second kappa shape index (κ2) is 11.2. The number of carbonyl (C=O) groups excluding carboxylic acids is 2. The monoisotopic (exact) mass is 503 g/mol. The summed E-state index contributed by atoms with van der Waals surface area (Å²) in [6, 6.07) is 15.1. The van der Waals surface area contributed by atoms with Gasteiger partial charge in [-0.1, -0.05) is 39.0 Å². The van der Waals surface area contributed by atoms with E-state index in [2.05, 4.69) is 31.1 Å². The van der Waals surface area contributed by atoms with Crippen molar-refractivity contribution in [3.63, 3.8) is 0 Å². The number of hydrogen-bond donors (Lipinski definition) is 3. The zero-order valence-corrected chi connectivity index (χ0v) is 21.9. The number of aromatic amines is 1. The maximum Gasteiger partial charge on any atom is 0.305 e. The topological polar surface area (TPSA) is 102 Å². The van der Waals surface area contributed by atoms with Crippen molar-refractivity contribution < 1.29 is 19.5 Å². The molecule has 3 N–H and O–H groups in total. The van der Waals surface area contributed by atoms with Crippen molar-refractivity contribution in [3.05, 3.63) is 71.4 Å². The number of nitrogens with zero attached hydrogens (tertiary/aromatic N) is 1. The Labute approximate surface area is 218 Å². The van der Waals surface area contributed by atoms with Crippen LogP contribution in [0.3, 0.4) is 0 Å². The number of carboxylic acid groups (broad SMARTS) is 1. The Bertz CT molecular complexity index is 1250. The van der Waals surface area contributed by atoms with Gasteiger partial charge in [-0.05, 0) is 72.9 Å². The lowest BCUT2D eigenvalue weighted by Crippen LogP contribution is -2.43. The zero-order chi connectivity index (χ0) is 26.6. The summed E-state index contributed by atoms with van der Waals surface area (Å²) in [5.74, 6) is -0.583. The third kappa shape index (κ3) is 6.40. The molecule has 7 nitrogen and oxygen atoms in total. The highest BCUT2D eigenvalue weighted by atomic mass is 16.4. The Balaban J connectivity index is 1.54. The van der Waals surface area contributed by atoms with Crippen LogP contribution in [0.4, 0.5) is 0 Å². The molecule has 1 aromatic heterocycles. The van der Waals surface area contributed by atoms with Gasteiger partial charge in [0.05, 0.1) is 6.42 Å². The number of aliphatic carboxylic acids is 1. The first-order chi connectivity index (χ1) is 17.6. The molecule has 0 atom stereocenters. The molecule has 7 heteroatoms. The first kappa shape index (κ1) is 26.5. The van der Waals surface area contributed by atoms with Crippen molar-refractivity contribution in [1.82, 2.24) is 15.2 Å². The van der Waals surface area contributed by atoms with Gasteiger partial charge in [-0.15, -0.1) is 0 Å². The summed E-state index contributed by atoms with van der Waals surface area (Å²) in [6.45, 7) is 7.44. The molecule has 2 amide bonds. The van der Waals surface area contributed by atoms with Crippen molar-refractivity contribution in [2.24, 2.45) is 11.3 Å². The van der Waals surface area contributed by atoms with Gasteiger partial charge in [0.15, 0.2) is 0 Å². The van der Waals surface area contributed by atoms with Gasteiger partial charge in [0, 0.05) is 47.4 Å². The summed E-state index contributed by atoms with van der Waals surface area (Å²) in [4.78, 5) is 42.2. The van der Waals surface area contributed by atoms with Crippen LogP contribution in [0, 0.1) is 11.3 Å². The van der Waals surface area contributed by atoms with E-state index in [1.807, 2.05) is 47.5 Å². The molecule has 1 aliphatic rings. The normalized spacial score (nSPS) is 17.9. The number of aromatic nitrogens is 1. The van der Waals surface area contributed by atoms with Crippen molar-refractivity contribution in [2.75, 3.05) is 6.54 Å². The Hall–Kier alpha value is -3.61. The average Bonchev–Trinajstić information content (AvgIpc) is 3.36. The average molecular weight is 504 g/mol. The van der Waals surface area contributed by atoms with E-state index in [-0.39, 0.29) is 36.2 Å². The van der Waals surface area contributed by atoms with E-state index in [9.17, 15) is 14.4 Å². The van der Waals surface area contributed by atoms with E-state index in [1.54, 1.807) is 12.1 Å². The molecule has 0 aliphatic heterocycles. The van der Waals surface area contributed by atoms with E-state index in [4.69, 9.17) is 5.11 Å². The SMILES string of the molecule is CC(C)(C)C1CCC(N(Cc2ccc(C(=O)NCCC(=O)O)cc2)C(=O)c2cccc3[nH]ccc23)CC1. The van der Waals surface area contributed by atoms with Gasteiger partial charge in [-0.25, -0.2) is 0 Å². The van der Waals surface area contributed by atoms with Gasteiger partial charge < -0.3 is 20.3 Å². The van der Waals surface area contributed by atoms with Gasteiger partial charge in [0.2, 0.25) is 0 Å². The summed E-state index contributed by atoms with van der Waals surface area (Å²) in [5, 5.41) is 12.3. The minimum absolute atomic E-state index is 0.0277. The number of carbonyl (C=O) groups is 3. The van der Waals surface area contributed by atoms with Crippen LogP contribution in [0.2, 0.25) is 0 Å². The standard InChI is InChI=1S/C30H37N3O4/c1-30(2,3)22-11-13-23(14-12-22)33(29(37)25-5-4-6-26-24(25)15-17-31-26)19-20-7-9-21(10-8-20)28(36)32-18-16-27(34)35/h4-10,15,17,22-23,31H,11-14,16,18-19H2,1-3H3,(H,32,36)(H,34,35). The van der Waals surface area contributed by atoms with Gasteiger partial charge in [-0.2, -0.15) is 0 Å². The van der Waals surface area contributed by atoms with Crippen LogP contribution in [0.1, 0.15) is 79.2 Å². The van der Waals surface area contributed by atoms with E-state index >= 15 is 0 Å². The van der Waals surface area contributed by atoms with Crippen LogP contribution in [-0.4, -0.2) is 45.4 Å². The largest absolute Gasteiger partial charge is 0.481 e. The Morgan fingerprint density at radius 3 is 2.35 bits per heavy atom. The predicted molar refractivity (Wildman–Crippen MR) is 144 cm³/mol. The number of benzene rings is 2. The fourth-order valence-electron chi connectivity index (χ4n) is 5.39. The van der Waals surface area contributed by atoms with Crippen molar-refractivity contribution >= 4 is 28.7 Å². The predicted octanol–water partition coefficient (Wildman–Crippen LogP) is 5.62. The molecule has 1 saturated carbocycles. The molecule has 1 aliphatic carbocycles. The molecule has 4 rings (SSSR count). The summed E-state index contributed by atoms with van der Waals surface area (Å²) in [6.07, 6.45) is 5.89. The van der Waals surface area contributed by atoms with E-state index in [1.165, 1.54) is 0 Å². The summed E-state index contributed by atoms with van der Waals surface area (Å²) in [7, 11) is 0. The molecule has 0 spiro atoms. The molecule has 196 valence electrons. The zero-order valence-electron chi connectivity index (χ0n) is 21.9. The number of H-pyrrole nitrogens is 1. The molecule has 2 aromatic carbocycles. The highest BCUT2D eigenvalue weighted by Crippen LogP contribution is 2.39. The summed E-state index contributed by atoms with van der Waals surface area (Å²) < 4.78 is 0. The van der Waals surface area contributed by atoms with E-state index < -0.39 is 5.97 Å². The highest BCUT2D eigenvalue weighted by molar-refractivity contribution is 6.06. The minimum atomic E-state index is -0.952. The Morgan fingerprint density at radius 1 is 1.00 bits per heavy atom. The van der Waals surface area contributed by atoms with Crippen molar-refractivity contribution in [2.45, 2.75) is 65.5 Å². The van der Waals surface area contributed by atoms with Gasteiger partial charge in [0.1, 0.15) is 0 Å². The first-order valence-electron chi connectivity index (χ1n) is 13.1. The number of rotatable bonds is 8. The Kier molecular flexibility index (Phi) is 8.00. The fraction of sp³-hybridized carbons (Fsp3) is 0.433. The van der Waals surface area contributed by atoms with Gasteiger partial charge in [0.25, 0.3) is 11.8 Å². The second-order valence-electron chi connectivity index (χ2n) is 11.1. The number of fused-ring (bicyclic) bond motifs is 1. The molecule has 0 radical (unpaired) electrons. The number of carboxylic acids is 1. The van der Waals surface area contributed by atoms with E-state index in [0.29, 0.717) is 23.6 Å². The second-order valence-corrected chi connectivity index (χ2v) is 11.1. The number of hydrogen-bond acceptors (Lipinski definition) is 3. The van der Waals surface area contributed by atoms with Crippen molar-refractivity contribution in [1.29, 1.82) is 0 Å². The molecule has 1 heterocycles.